The van der Waals surface area contributed by atoms with E-state index in [4.69, 9.17) is 15.1 Å². The lowest BCUT2D eigenvalue weighted by Gasteiger charge is -2.36. The molecule has 220 valence electrons. The van der Waals surface area contributed by atoms with Crippen molar-refractivity contribution in [2.24, 2.45) is 11.1 Å². The number of aliphatic carboxylic acids is 2. The first-order chi connectivity index (χ1) is 19.4. The maximum atomic E-state index is 13.3. The van der Waals surface area contributed by atoms with Crippen molar-refractivity contribution in [2.75, 3.05) is 5.32 Å². The Morgan fingerprint density at radius 1 is 1.12 bits per heavy atom. The molecular formula is C28H35N5O8. The average molecular weight is 570 g/mol. The Morgan fingerprint density at radius 3 is 2.39 bits per heavy atom. The first-order valence-corrected chi connectivity index (χ1v) is 13.3. The van der Waals surface area contributed by atoms with Crippen molar-refractivity contribution in [3.05, 3.63) is 52.0 Å². The summed E-state index contributed by atoms with van der Waals surface area (Å²) < 4.78 is 5.29. The number of fused-ring (bicyclic) bond motifs is 1. The first kappa shape index (κ1) is 31.0. The van der Waals surface area contributed by atoms with Crippen LogP contribution in [0.15, 0.2) is 44.9 Å². The molecule has 0 aliphatic heterocycles. The van der Waals surface area contributed by atoms with E-state index >= 15 is 0 Å². The highest BCUT2D eigenvalue weighted by atomic mass is 16.4. The molecule has 41 heavy (non-hydrogen) atoms. The second-order valence-electron chi connectivity index (χ2n) is 10.5. The van der Waals surface area contributed by atoms with Gasteiger partial charge in [0.25, 0.3) is 0 Å². The predicted molar refractivity (Wildman–Crippen MR) is 148 cm³/mol. The number of aryl methyl sites for hydroxylation is 1. The van der Waals surface area contributed by atoms with Crippen LogP contribution in [0.2, 0.25) is 0 Å². The zero-order valence-electron chi connectivity index (χ0n) is 23.2. The van der Waals surface area contributed by atoms with Gasteiger partial charge in [0.05, 0.1) is 23.9 Å². The largest absolute Gasteiger partial charge is 0.481 e. The van der Waals surface area contributed by atoms with E-state index in [1.165, 1.54) is 18.3 Å². The standard InChI is InChI=1S/C28H35N5O8/c1-16(2)25(38)31-28(9-5-4-6-10-28)11-12-33(32-29)21(15-24(36)37)26(39)30-18-7-8-19-17(3)20(14-23(34)35)27(40)41-22(19)13-18/h7-8,11-13,16,21,29H,4-6,9-10,14-15H2,1-3H3,(H,30,39)(H,31,38)(H,34,35)(H,36,37). The number of amides is 2. The van der Waals surface area contributed by atoms with Gasteiger partial charge in [0.1, 0.15) is 11.6 Å². The van der Waals surface area contributed by atoms with Gasteiger partial charge in [-0.1, -0.05) is 38.3 Å². The lowest BCUT2D eigenvalue weighted by Crippen LogP contribution is -2.50. The minimum Gasteiger partial charge on any atom is -0.481 e. The number of hydrogen-bond acceptors (Lipinski definition) is 8. The Bertz CT molecular complexity index is 1420. The molecule has 0 saturated heterocycles. The molecule has 13 heteroatoms. The van der Waals surface area contributed by atoms with Crippen molar-refractivity contribution in [1.29, 1.82) is 5.53 Å². The maximum Gasteiger partial charge on any atom is 0.340 e. The molecule has 5 N–H and O–H groups in total. The molecule has 1 heterocycles. The normalized spacial score (nSPS) is 15.4. The van der Waals surface area contributed by atoms with Crippen LogP contribution in [0, 0.1) is 18.4 Å². The van der Waals surface area contributed by atoms with Crippen molar-refractivity contribution in [2.45, 2.75) is 77.3 Å². The van der Waals surface area contributed by atoms with Gasteiger partial charge >= 0.3 is 17.6 Å². The van der Waals surface area contributed by atoms with Crippen LogP contribution in [0.4, 0.5) is 5.69 Å². The van der Waals surface area contributed by atoms with E-state index < -0.39 is 47.9 Å². The van der Waals surface area contributed by atoms with Crippen LogP contribution in [0.3, 0.4) is 0 Å². The number of hydrogen-bond donors (Lipinski definition) is 5. The van der Waals surface area contributed by atoms with E-state index in [1.807, 2.05) is 0 Å². The minimum absolute atomic E-state index is 0.0168. The number of anilines is 1. The Kier molecular flexibility index (Phi) is 9.98. The minimum atomic E-state index is -1.41. The molecule has 1 aliphatic rings. The monoisotopic (exact) mass is 569 g/mol. The third-order valence-corrected chi connectivity index (χ3v) is 7.18. The van der Waals surface area contributed by atoms with E-state index in [-0.39, 0.29) is 28.7 Å². The van der Waals surface area contributed by atoms with Gasteiger partial charge in [-0.25, -0.2) is 9.80 Å². The zero-order chi connectivity index (χ0) is 30.3. The molecular weight excluding hydrogens is 534 g/mol. The molecule has 1 fully saturated rings. The Morgan fingerprint density at radius 2 is 1.80 bits per heavy atom. The number of carboxylic acid groups (broad SMARTS) is 2. The summed E-state index contributed by atoms with van der Waals surface area (Å²) in [6.45, 7) is 5.16. The van der Waals surface area contributed by atoms with Crippen LogP contribution in [0.25, 0.3) is 11.0 Å². The van der Waals surface area contributed by atoms with Crippen LogP contribution in [-0.2, 0) is 25.6 Å². The maximum absolute atomic E-state index is 13.3. The van der Waals surface area contributed by atoms with E-state index in [0.717, 1.165) is 24.3 Å². The molecule has 1 unspecified atom stereocenters. The van der Waals surface area contributed by atoms with Gasteiger partial charge in [-0.2, -0.15) is 5.53 Å². The van der Waals surface area contributed by atoms with Gasteiger partial charge in [0.2, 0.25) is 11.8 Å². The number of carboxylic acids is 2. The Balaban J connectivity index is 1.89. The van der Waals surface area contributed by atoms with Crippen LogP contribution in [-0.4, -0.2) is 50.6 Å². The molecule has 2 amide bonds. The lowest BCUT2D eigenvalue weighted by atomic mass is 9.81. The van der Waals surface area contributed by atoms with E-state index in [9.17, 15) is 29.1 Å². The average Bonchev–Trinajstić information content (AvgIpc) is 2.90. The highest BCUT2D eigenvalue weighted by molar-refractivity contribution is 5.98. The number of carbonyl (C=O) groups is 4. The van der Waals surface area contributed by atoms with Crippen LogP contribution in [0.5, 0.6) is 0 Å². The topological polar surface area (TPSA) is 202 Å². The van der Waals surface area contributed by atoms with Gasteiger partial charge in [0, 0.05) is 29.3 Å². The molecule has 1 saturated carbocycles. The zero-order valence-corrected chi connectivity index (χ0v) is 23.2. The quantitative estimate of drug-likeness (QED) is 0.143. The van der Waals surface area contributed by atoms with Crippen molar-refractivity contribution in [1.82, 2.24) is 10.3 Å². The molecule has 3 rings (SSSR count). The van der Waals surface area contributed by atoms with Gasteiger partial charge in [0.15, 0.2) is 0 Å². The summed E-state index contributed by atoms with van der Waals surface area (Å²) in [7, 11) is 0. The fourth-order valence-electron chi connectivity index (χ4n) is 4.86. The summed E-state index contributed by atoms with van der Waals surface area (Å²) in [5, 5.41) is 29.0. The second-order valence-corrected chi connectivity index (χ2v) is 10.5. The fourth-order valence-corrected chi connectivity index (χ4v) is 4.86. The van der Waals surface area contributed by atoms with E-state index in [2.05, 4.69) is 15.9 Å². The van der Waals surface area contributed by atoms with Crippen LogP contribution in [0.1, 0.15) is 63.5 Å². The SMILES string of the molecule is Cc1c(CC(=O)O)c(=O)oc2cc(NC(=O)C(CC(=O)O)N(C=CC3(NC(=O)C(C)C)CCCCC3)N=N)ccc12. The third-order valence-electron chi connectivity index (χ3n) is 7.18. The highest BCUT2D eigenvalue weighted by Crippen LogP contribution is 2.30. The van der Waals surface area contributed by atoms with E-state index in [0.29, 0.717) is 23.8 Å². The molecule has 1 aromatic carbocycles. The summed E-state index contributed by atoms with van der Waals surface area (Å²) in [5.41, 5.74) is 6.90. The van der Waals surface area contributed by atoms with Crippen molar-refractivity contribution < 1.29 is 33.8 Å². The number of benzene rings is 1. The third kappa shape index (κ3) is 7.77. The van der Waals surface area contributed by atoms with E-state index in [1.54, 1.807) is 32.9 Å². The number of carbonyl (C=O) groups excluding carboxylic acids is 2. The predicted octanol–water partition coefficient (Wildman–Crippen LogP) is 3.75. The molecule has 1 atom stereocenters. The summed E-state index contributed by atoms with van der Waals surface area (Å²) in [5.74, 6) is -3.64. The summed E-state index contributed by atoms with van der Waals surface area (Å²) in [4.78, 5) is 60.9. The second kappa shape index (κ2) is 13.2. The smallest absolute Gasteiger partial charge is 0.340 e. The van der Waals surface area contributed by atoms with Crippen molar-refractivity contribution in [3.63, 3.8) is 0 Å². The molecule has 1 aliphatic carbocycles. The number of nitrogens with zero attached hydrogens (tertiary/aromatic N) is 2. The number of nitrogens with one attached hydrogen (secondary N) is 3. The molecule has 0 spiro atoms. The van der Waals surface area contributed by atoms with Gasteiger partial charge < -0.3 is 25.3 Å². The fraction of sp³-hybridized carbons (Fsp3) is 0.464. The van der Waals surface area contributed by atoms with Crippen molar-refractivity contribution in [3.8, 4) is 0 Å². The lowest BCUT2D eigenvalue weighted by molar-refractivity contribution is -0.140. The molecule has 2 aromatic rings. The molecule has 0 radical (unpaired) electrons. The summed E-state index contributed by atoms with van der Waals surface area (Å²) in [6.07, 6.45) is 5.92. The Labute approximate surface area is 236 Å². The van der Waals surface area contributed by atoms with Crippen LogP contribution >= 0.6 is 0 Å². The Hall–Kier alpha value is -4.55. The molecule has 1 aromatic heterocycles. The first-order valence-electron chi connectivity index (χ1n) is 13.3. The highest BCUT2D eigenvalue weighted by Gasteiger charge is 2.33. The van der Waals surface area contributed by atoms with Crippen LogP contribution < -0.4 is 16.3 Å². The molecule has 13 nitrogen and oxygen atoms in total. The van der Waals surface area contributed by atoms with Crippen molar-refractivity contribution >= 4 is 40.4 Å². The number of rotatable bonds is 12. The van der Waals surface area contributed by atoms with Gasteiger partial charge in [-0.3, -0.25) is 19.2 Å². The summed E-state index contributed by atoms with van der Waals surface area (Å²) >= 11 is 0. The van der Waals surface area contributed by atoms with Gasteiger partial charge in [-0.05, 0) is 43.5 Å². The van der Waals surface area contributed by atoms with Gasteiger partial charge in [-0.15, -0.1) is 0 Å². The summed E-state index contributed by atoms with van der Waals surface area (Å²) in [6, 6.07) is 3.02. The molecule has 0 bridgehead atoms.